The first kappa shape index (κ1) is 28.2. The summed E-state index contributed by atoms with van der Waals surface area (Å²) in [5.41, 5.74) is 1.53. The van der Waals surface area contributed by atoms with Gasteiger partial charge in [-0.25, -0.2) is 4.79 Å². The first-order valence-electron chi connectivity index (χ1n) is 12.0. The van der Waals surface area contributed by atoms with Crippen LogP contribution in [0.2, 0.25) is 0 Å². The third kappa shape index (κ3) is 6.48. The van der Waals surface area contributed by atoms with E-state index in [1.807, 2.05) is 52.7 Å². The molecule has 9 nitrogen and oxygen atoms in total. The molecular weight excluding hydrogens is 493 g/mol. The molecule has 12 heteroatoms. The van der Waals surface area contributed by atoms with E-state index >= 15 is 0 Å². The number of rotatable bonds is 6. The Morgan fingerprint density at radius 1 is 1.22 bits per heavy atom. The molecule has 1 aromatic heterocycles. The van der Waals surface area contributed by atoms with Crippen LogP contribution < -0.4 is 0 Å². The fourth-order valence-corrected chi connectivity index (χ4v) is 5.02. The number of hydrogen-bond acceptors (Lipinski definition) is 5. The molecule has 4 rings (SSSR count). The van der Waals surface area contributed by atoms with Crippen LogP contribution in [0.3, 0.4) is 0 Å². The van der Waals surface area contributed by atoms with E-state index in [-0.39, 0.29) is 24.3 Å². The van der Waals surface area contributed by atoms with Crippen molar-refractivity contribution in [3.05, 3.63) is 53.9 Å². The van der Waals surface area contributed by atoms with Gasteiger partial charge in [0.05, 0.1) is 5.41 Å². The number of alkyl halides is 3. The van der Waals surface area contributed by atoms with Crippen LogP contribution in [0.5, 0.6) is 0 Å². The molecule has 0 saturated carbocycles. The third-order valence-corrected chi connectivity index (χ3v) is 6.76. The predicted octanol–water partition coefficient (Wildman–Crippen LogP) is 2.82. The van der Waals surface area contributed by atoms with Gasteiger partial charge in [0, 0.05) is 57.6 Å². The normalized spacial score (nSPS) is 21.6. The zero-order valence-electron chi connectivity index (χ0n) is 20.8. The van der Waals surface area contributed by atoms with E-state index in [9.17, 15) is 22.8 Å². The van der Waals surface area contributed by atoms with Gasteiger partial charge in [0.25, 0.3) is 0 Å². The molecule has 3 heterocycles. The topological polar surface area (TPSA) is 105 Å². The molecule has 1 aromatic carbocycles. The van der Waals surface area contributed by atoms with Crippen molar-refractivity contribution in [2.45, 2.75) is 38.4 Å². The zero-order valence-corrected chi connectivity index (χ0v) is 20.8. The lowest BCUT2D eigenvalue weighted by Crippen LogP contribution is -2.52. The van der Waals surface area contributed by atoms with E-state index in [2.05, 4.69) is 17.2 Å². The van der Waals surface area contributed by atoms with Crippen molar-refractivity contribution >= 4 is 17.8 Å². The van der Waals surface area contributed by atoms with Gasteiger partial charge in [-0.15, -0.1) is 0 Å². The Hall–Kier alpha value is -3.41. The average Bonchev–Trinajstić information content (AvgIpc) is 3.45. The summed E-state index contributed by atoms with van der Waals surface area (Å²) >= 11 is 0. The molecular formula is C25H31F3N4O5. The summed E-state index contributed by atoms with van der Waals surface area (Å²) in [5.74, 6) is -2.72. The molecule has 2 amide bonds. The third-order valence-electron chi connectivity index (χ3n) is 6.76. The predicted molar refractivity (Wildman–Crippen MR) is 126 cm³/mol. The Bertz CT molecular complexity index is 1090. The van der Waals surface area contributed by atoms with Gasteiger partial charge in [-0.1, -0.05) is 30.3 Å². The Kier molecular flexibility index (Phi) is 8.95. The van der Waals surface area contributed by atoms with Gasteiger partial charge in [-0.3, -0.25) is 14.3 Å². The molecule has 2 atom stereocenters. The zero-order chi connectivity index (χ0) is 27.2. The number of amides is 2. The van der Waals surface area contributed by atoms with E-state index < -0.39 is 17.6 Å². The van der Waals surface area contributed by atoms with Crippen LogP contribution in [0.4, 0.5) is 13.2 Å². The van der Waals surface area contributed by atoms with Crippen LogP contribution in [0.15, 0.2) is 42.6 Å². The Morgan fingerprint density at radius 3 is 2.46 bits per heavy atom. The summed E-state index contributed by atoms with van der Waals surface area (Å²) in [6, 6.07) is 12.1. The number of aryl methyl sites for hydroxylation is 1. The second-order valence-electron chi connectivity index (χ2n) is 9.12. The molecule has 2 aliphatic rings. The van der Waals surface area contributed by atoms with Crippen LogP contribution in [0.25, 0.3) is 0 Å². The molecule has 0 bridgehead atoms. The Morgan fingerprint density at radius 2 is 1.89 bits per heavy atom. The maximum absolute atomic E-state index is 13.9. The maximum Gasteiger partial charge on any atom is 0.490 e. The highest BCUT2D eigenvalue weighted by molar-refractivity contribution is 5.87. The van der Waals surface area contributed by atoms with Gasteiger partial charge >= 0.3 is 12.1 Å². The van der Waals surface area contributed by atoms with Crippen LogP contribution in [0, 0.1) is 5.41 Å². The quantitative estimate of drug-likeness (QED) is 0.623. The van der Waals surface area contributed by atoms with Crippen molar-refractivity contribution in [2.75, 3.05) is 32.8 Å². The highest BCUT2D eigenvalue weighted by atomic mass is 19.4. The second-order valence-corrected chi connectivity index (χ2v) is 9.12. The van der Waals surface area contributed by atoms with Crippen LogP contribution in [-0.2, 0) is 32.7 Å². The molecule has 37 heavy (non-hydrogen) atoms. The van der Waals surface area contributed by atoms with Gasteiger partial charge in [-0.2, -0.15) is 18.3 Å². The number of aliphatic carboxylic acids is 1. The van der Waals surface area contributed by atoms with Gasteiger partial charge in [-0.05, 0) is 31.4 Å². The standard InChI is InChI=1S/C23H30N4O3.C2HF3O2/c1-3-30-16-21(28)27-15-19(20-10-12-24-25(20)2)23(17-27)11-7-13-26(22(23)29)14-18-8-5-4-6-9-18;3-2(4,5)1(6)7/h4-6,8-10,12,19H,3,7,11,13-17H2,1-2H3;(H,6,7)/t19-,23+;/m0./s1. The second kappa shape index (κ2) is 11.8. The van der Waals surface area contributed by atoms with Crippen molar-refractivity contribution < 1.29 is 37.4 Å². The maximum atomic E-state index is 13.9. The fourth-order valence-electron chi connectivity index (χ4n) is 5.02. The van der Waals surface area contributed by atoms with E-state index in [0.717, 1.165) is 30.6 Å². The van der Waals surface area contributed by atoms with Crippen LogP contribution in [0.1, 0.15) is 36.9 Å². The highest BCUT2D eigenvalue weighted by Gasteiger charge is 2.56. The molecule has 2 aromatic rings. The van der Waals surface area contributed by atoms with Gasteiger partial charge < -0.3 is 19.6 Å². The van der Waals surface area contributed by atoms with Gasteiger partial charge in [0.15, 0.2) is 0 Å². The molecule has 0 aliphatic carbocycles. The van der Waals surface area contributed by atoms with Crippen LogP contribution in [-0.4, -0.2) is 81.5 Å². The van der Waals surface area contributed by atoms with Crippen molar-refractivity contribution in [1.29, 1.82) is 0 Å². The summed E-state index contributed by atoms with van der Waals surface area (Å²) in [5, 5.41) is 11.5. The van der Waals surface area contributed by atoms with E-state index in [1.54, 1.807) is 6.20 Å². The van der Waals surface area contributed by atoms with Crippen molar-refractivity contribution in [2.24, 2.45) is 12.5 Å². The largest absolute Gasteiger partial charge is 0.490 e. The molecule has 2 fully saturated rings. The Labute approximate surface area is 212 Å². The number of carbonyl (C=O) groups is 3. The SMILES string of the molecule is CCOCC(=O)N1C[C@@H](c2ccnn2C)[C@@]2(CCCN(Cc3ccccc3)C2=O)C1.O=C(O)C(F)(F)F. The molecule has 202 valence electrons. The van der Waals surface area contributed by atoms with Crippen molar-refractivity contribution in [3.8, 4) is 0 Å². The molecule has 1 spiro atoms. The monoisotopic (exact) mass is 524 g/mol. The highest BCUT2D eigenvalue weighted by Crippen LogP contribution is 2.49. The summed E-state index contributed by atoms with van der Waals surface area (Å²) in [6.45, 7) is 4.76. The minimum Gasteiger partial charge on any atom is -0.475 e. The van der Waals surface area contributed by atoms with E-state index in [1.165, 1.54) is 0 Å². The summed E-state index contributed by atoms with van der Waals surface area (Å²) in [7, 11) is 1.91. The average molecular weight is 525 g/mol. The number of ether oxygens (including phenoxy) is 1. The first-order chi connectivity index (χ1) is 17.5. The number of likely N-dealkylation sites (tertiary alicyclic amines) is 2. The number of benzene rings is 1. The number of carboxylic acid groups (broad SMARTS) is 1. The fraction of sp³-hybridized carbons (Fsp3) is 0.520. The Balaban J connectivity index is 0.000000479. The van der Waals surface area contributed by atoms with Gasteiger partial charge in [0.2, 0.25) is 11.8 Å². The number of nitrogens with zero attached hydrogens (tertiary/aromatic N) is 4. The number of aromatic nitrogens is 2. The lowest BCUT2D eigenvalue weighted by molar-refractivity contribution is -0.192. The summed E-state index contributed by atoms with van der Waals surface area (Å²) in [6.07, 6.45) is -1.60. The lowest BCUT2D eigenvalue weighted by Gasteiger charge is -2.42. The van der Waals surface area contributed by atoms with E-state index in [0.29, 0.717) is 26.2 Å². The van der Waals surface area contributed by atoms with Gasteiger partial charge in [0.1, 0.15) is 6.61 Å². The number of piperidine rings is 1. The van der Waals surface area contributed by atoms with Crippen LogP contribution >= 0.6 is 0 Å². The summed E-state index contributed by atoms with van der Waals surface area (Å²) in [4.78, 5) is 39.3. The van der Waals surface area contributed by atoms with Crippen molar-refractivity contribution in [3.63, 3.8) is 0 Å². The minimum atomic E-state index is -5.08. The number of hydrogen-bond donors (Lipinski definition) is 1. The first-order valence-corrected chi connectivity index (χ1v) is 12.0. The molecule has 0 unspecified atom stereocenters. The smallest absolute Gasteiger partial charge is 0.475 e. The van der Waals surface area contributed by atoms with E-state index in [4.69, 9.17) is 14.6 Å². The minimum absolute atomic E-state index is 0.0473. The lowest BCUT2D eigenvalue weighted by atomic mass is 9.70. The molecule has 1 N–H and O–H groups in total. The molecule has 0 radical (unpaired) electrons. The van der Waals surface area contributed by atoms with Crippen molar-refractivity contribution in [1.82, 2.24) is 19.6 Å². The summed E-state index contributed by atoms with van der Waals surface area (Å²) < 4.78 is 38.9. The number of carbonyl (C=O) groups excluding carboxylic acids is 2. The molecule has 2 saturated heterocycles. The molecule has 2 aliphatic heterocycles. The number of halogens is 3. The number of carboxylic acids is 1.